The molecule has 0 saturated carbocycles. The summed E-state index contributed by atoms with van der Waals surface area (Å²) in [5.74, 6) is -0.783. The van der Waals surface area contributed by atoms with Crippen molar-refractivity contribution in [2.75, 3.05) is 117 Å². The number of pyridine rings is 2. The highest BCUT2D eigenvalue weighted by molar-refractivity contribution is 6.31. The summed E-state index contributed by atoms with van der Waals surface area (Å²) >= 11 is 6.46. The molecule has 10 atom stereocenters. The molecule has 4 aliphatic heterocycles. The number of nitrogens with zero attached hydrogens (tertiary/aromatic N) is 9. The molecule has 0 spiro atoms. The number of nitrogens with two attached hydrogens (primary N) is 1. The average molecular weight is 1350 g/mol. The third-order valence-electron chi connectivity index (χ3n) is 20.2. The summed E-state index contributed by atoms with van der Waals surface area (Å²) in [4.78, 5) is 101. The molecular formula is C72H103ClFN13O9. The molecule has 2 aromatic carbocycles. The molecule has 22 nitrogen and oxygen atoms in total. The Hall–Kier alpha value is -6.86. The van der Waals surface area contributed by atoms with Gasteiger partial charge in [-0.1, -0.05) is 72.6 Å². The number of fused-ring (bicyclic) bond motifs is 7. The highest BCUT2D eigenvalue weighted by Gasteiger charge is 2.45. The number of halogens is 2. The van der Waals surface area contributed by atoms with E-state index in [1.807, 2.05) is 120 Å². The minimum atomic E-state index is -0.868. The fourth-order valence-electron chi connectivity index (χ4n) is 15.0. The summed E-state index contributed by atoms with van der Waals surface area (Å²) in [6, 6.07) is 12.1. The zero-order valence-corrected chi connectivity index (χ0v) is 59.1. The van der Waals surface area contributed by atoms with Crippen LogP contribution in [0.5, 0.6) is 0 Å². The van der Waals surface area contributed by atoms with E-state index in [0.29, 0.717) is 95.7 Å². The standard InChI is InChI=1S/C72H103ClFN13O9/c1-13-45(6)65(58(93-11)41-60(89)86-26-16-18-56(86)67(94-12)47(8)70(90)77-25-21-51-17-14-15-24-76-51)83(10)72(92)63(43(2)3)81-71(91)64(44(4)5)82(9)32-34-96-36-35-95-33-23-59(88)84-28-30-85(31-29-84)69-62(68-79-54-20-19-48(73)38-55(54)80-68)66-53(42-78-69)52-39-49(74)37-46(7)61(52)57-40-50(75)22-27-87(57)66/h14-15,17,19-20,24,37-39,42-45,47,50,56-58,63-65,67H,13,16,18,21-23,25-36,40-41,75H2,1-12H3,(H,77,90)(H,79,80)(H,81,91)/t45-,47-,50?,56-,57?,58+,63-,64-,65-,67+/m0/s1. The van der Waals surface area contributed by atoms with E-state index in [2.05, 4.69) is 30.4 Å². The van der Waals surface area contributed by atoms with Gasteiger partial charge in [-0.15, -0.1) is 0 Å². The number of carbonyl (C=O) groups excluding carboxylic acids is 5. The number of hydrogen-bond acceptors (Lipinski definition) is 16. The van der Waals surface area contributed by atoms with Crippen molar-refractivity contribution in [2.24, 2.45) is 29.4 Å². The molecule has 0 bridgehead atoms. The second kappa shape index (κ2) is 33.6. The number of ether oxygens (including phenoxy) is 4. The number of aromatic amines is 1. The number of rotatable bonds is 31. The van der Waals surface area contributed by atoms with Gasteiger partial charge in [0.05, 0.1) is 104 Å². The second-order valence-electron chi connectivity index (χ2n) is 27.3. The van der Waals surface area contributed by atoms with Gasteiger partial charge in [-0.25, -0.2) is 14.4 Å². The number of likely N-dealkylation sites (N-methyl/N-ethyl adjacent to an activating group) is 2. The molecule has 7 heterocycles. The van der Waals surface area contributed by atoms with E-state index in [1.165, 1.54) is 0 Å². The highest BCUT2D eigenvalue weighted by atomic mass is 35.5. The van der Waals surface area contributed by atoms with E-state index in [-0.39, 0.29) is 97.3 Å². The molecule has 5 amide bonds. The lowest BCUT2D eigenvalue weighted by Gasteiger charge is -2.47. The van der Waals surface area contributed by atoms with E-state index >= 15 is 4.39 Å². The fraction of sp³-hybridized carbons (Fsp3) is 0.611. The van der Waals surface area contributed by atoms with Crippen molar-refractivity contribution >= 4 is 63.7 Å². The normalized spacial score (nSPS) is 19.4. The third kappa shape index (κ3) is 17.0. The van der Waals surface area contributed by atoms with Crippen molar-refractivity contribution in [1.29, 1.82) is 0 Å². The quantitative estimate of drug-likeness (QED) is 0.0305. The van der Waals surface area contributed by atoms with Gasteiger partial charge in [-0.3, -0.25) is 33.9 Å². The molecule has 5 aromatic rings. The number of H-pyrrole nitrogens is 1. The van der Waals surface area contributed by atoms with Crippen LogP contribution in [0.25, 0.3) is 33.5 Å². The number of nitrogens with one attached hydrogen (secondary N) is 3. The number of benzene rings is 2. The van der Waals surface area contributed by atoms with Gasteiger partial charge >= 0.3 is 0 Å². The Kier molecular flexibility index (Phi) is 25.7. The first-order valence-electron chi connectivity index (χ1n) is 34.5. The van der Waals surface area contributed by atoms with Crippen LogP contribution in [-0.2, 0) is 49.3 Å². The maximum Gasteiger partial charge on any atom is 0.245 e. The number of carbonyl (C=O) groups is 5. The molecule has 524 valence electrons. The molecular weight excluding hydrogens is 1250 g/mol. The predicted octanol–water partition coefficient (Wildman–Crippen LogP) is 8.22. The first-order chi connectivity index (χ1) is 46.0. The van der Waals surface area contributed by atoms with Gasteiger partial charge < -0.3 is 64.8 Å². The van der Waals surface area contributed by atoms with Gasteiger partial charge in [0, 0.05) is 115 Å². The molecule has 3 fully saturated rings. The van der Waals surface area contributed by atoms with Gasteiger partial charge in [0.2, 0.25) is 29.5 Å². The van der Waals surface area contributed by atoms with Gasteiger partial charge in [0.15, 0.2) is 0 Å². The zero-order valence-electron chi connectivity index (χ0n) is 58.4. The summed E-state index contributed by atoms with van der Waals surface area (Å²) in [5, 5.41) is 6.74. The van der Waals surface area contributed by atoms with Gasteiger partial charge in [0.25, 0.3) is 0 Å². The SMILES string of the molecule is CC[C@H](C)[C@@H]([C@@H](CC(=O)N1CCC[C@H]1[C@H](OC)[C@H](C)C(=O)NCCc1ccccn1)OC)N(C)C(=O)[C@@H](NC(=O)[C@H](C(C)C)N(C)CCOCCOCCC(=O)N1CCN(c2ncc3c(c2-c2nc4ccc(Cl)cc4[nH]2)N2CCC(N)CC2c2c(C)cc(F)cc2-3)CC1)C(C)C. The number of piperazine rings is 1. The smallest absolute Gasteiger partial charge is 0.245 e. The van der Waals surface area contributed by atoms with Crippen LogP contribution < -0.4 is 26.2 Å². The van der Waals surface area contributed by atoms with Crippen LogP contribution in [0.1, 0.15) is 116 Å². The van der Waals surface area contributed by atoms with E-state index < -0.39 is 36.3 Å². The number of piperidine rings is 1. The average Bonchev–Trinajstić information content (AvgIpc) is 0.855. The number of methoxy groups -OCH3 is 2. The lowest BCUT2D eigenvalue weighted by atomic mass is 9.80. The Balaban J connectivity index is 0.737. The van der Waals surface area contributed by atoms with Crippen molar-refractivity contribution in [3.8, 4) is 22.5 Å². The van der Waals surface area contributed by atoms with E-state index in [9.17, 15) is 24.0 Å². The molecule has 0 aliphatic carbocycles. The topological polar surface area (TPSA) is 246 Å². The Bertz CT molecular complexity index is 3460. The van der Waals surface area contributed by atoms with Gasteiger partial charge in [-0.05, 0) is 117 Å². The van der Waals surface area contributed by atoms with Crippen LogP contribution in [0.3, 0.4) is 0 Å². The molecule has 9 rings (SSSR count). The summed E-state index contributed by atoms with van der Waals surface area (Å²) in [6.45, 7) is 20.9. The molecule has 0 radical (unpaired) electrons. The minimum absolute atomic E-state index is 0.00127. The lowest BCUT2D eigenvalue weighted by molar-refractivity contribution is -0.148. The van der Waals surface area contributed by atoms with Crippen LogP contribution in [0, 0.1) is 36.4 Å². The summed E-state index contributed by atoms with van der Waals surface area (Å²) in [6.07, 6.45) is 6.86. The van der Waals surface area contributed by atoms with Gasteiger partial charge in [0.1, 0.15) is 23.5 Å². The monoisotopic (exact) mass is 1350 g/mol. The Labute approximate surface area is 571 Å². The lowest BCUT2D eigenvalue weighted by Crippen LogP contribution is -2.60. The minimum Gasteiger partial charge on any atom is -0.379 e. The van der Waals surface area contributed by atoms with Gasteiger partial charge in [-0.2, -0.15) is 0 Å². The van der Waals surface area contributed by atoms with Crippen LogP contribution in [0.2, 0.25) is 5.02 Å². The van der Waals surface area contributed by atoms with Crippen LogP contribution in [0.4, 0.5) is 15.9 Å². The largest absolute Gasteiger partial charge is 0.379 e. The summed E-state index contributed by atoms with van der Waals surface area (Å²) in [7, 11) is 6.75. The molecule has 24 heteroatoms. The van der Waals surface area contributed by atoms with E-state index in [0.717, 1.165) is 75.3 Å². The number of hydrogen-bond donors (Lipinski definition) is 4. The number of amides is 5. The number of aryl methyl sites for hydroxylation is 1. The fourth-order valence-corrected chi connectivity index (χ4v) is 15.1. The molecule has 3 saturated heterocycles. The Morgan fingerprint density at radius 2 is 1.60 bits per heavy atom. The molecule has 96 heavy (non-hydrogen) atoms. The number of anilines is 2. The first-order valence-corrected chi connectivity index (χ1v) is 34.9. The number of imidazole rings is 1. The summed E-state index contributed by atoms with van der Waals surface area (Å²) in [5.41, 5.74) is 14.4. The van der Waals surface area contributed by atoms with Crippen LogP contribution >= 0.6 is 11.6 Å². The van der Waals surface area contributed by atoms with E-state index in [4.69, 9.17) is 46.3 Å². The Morgan fingerprint density at radius 3 is 2.29 bits per heavy atom. The maximum atomic E-state index is 15.3. The highest BCUT2D eigenvalue weighted by Crippen LogP contribution is 2.54. The van der Waals surface area contributed by atoms with Crippen LogP contribution in [-0.4, -0.2) is 219 Å². The van der Waals surface area contributed by atoms with Crippen molar-refractivity contribution in [3.05, 3.63) is 88.6 Å². The summed E-state index contributed by atoms with van der Waals surface area (Å²) < 4.78 is 39.4. The number of likely N-dealkylation sites (tertiary alicyclic amines) is 1. The van der Waals surface area contributed by atoms with Crippen LogP contribution in [0.15, 0.2) is 60.9 Å². The molecule has 4 aliphatic rings. The predicted molar refractivity (Wildman–Crippen MR) is 372 cm³/mol. The molecule has 3 aromatic heterocycles. The number of aromatic nitrogens is 4. The van der Waals surface area contributed by atoms with E-state index in [1.54, 1.807) is 44.5 Å². The van der Waals surface area contributed by atoms with Crippen molar-refractivity contribution < 1.29 is 47.3 Å². The van der Waals surface area contributed by atoms with Crippen molar-refractivity contribution in [1.82, 2.24) is 50.2 Å². The van der Waals surface area contributed by atoms with Crippen molar-refractivity contribution in [2.45, 2.75) is 155 Å². The molecule has 5 N–H and O–H groups in total. The second-order valence-corrected chi connectivity index (χ2v) is 27.8. The van der Waals surface area contributed by atoms with Crippen molar-refractivity contribution in [3.63, 3.8) is 0 Å². The Morgan fingerprint density at radius 1 is 0.854 bits per heavy atom. The molecule has 2 unspecified atom stereocenters. The third-order valence-corrected chi connectivity index (χ3v) is 20.5. The zero-order chi connectivity index (χ0) is 69.1. The first kappa shape index (κ1) is 73.4. The maximum absolute atomic E-state index is 15.3.